The van der Waals surface area contributed by atoms with Gasteiger partial charge < -0.3 is 11.1 Å². The first kappa shape index (κ1) is 16.0. The first-order valence-corrected chi connectivity index (χ1v) is 8.57. The van der Waals surface area contributed by atoms with E-state index in [2.05, 4.69) is 10.4 Å². The highest BCUT2D eigenvalue weighted by atomic mass is 19.1. The van der Waals surface area contributed by atoms with Gasteiger partial charge in [-0.05, 0) is 50.1 Å². The monoisotopic (exact) mass is 316 g/mol. The van der Waals surface area contributed by atoms with Crippen molar-refractivity contribution in [3.8, 4) is 5.69 Å². The quantitative estimate of drug-likeness (QED) is 0.797. The second-order valence-electron chi connectivity index (χ2n) is 6.24. The molecule has 0 spiro atoms. The minimum absolute atomic E-state index is 0.221. The van der Waals surface area contributed by atoms with E-state index in [4.69, 9.17) is 5.73 Å². The van der Waals surface area contributed by atoms with Gasteiger partial charge in [-0.1, -0.05) is 19.3 Å². The Hall–Kier alpha value is -1.88. The third-order valence-electron chi connectivity index (χ3n) is 4.57. The van der Waals surface area contributed by atoms with Crippen LogP contribution in [0.1, 0.15) is 50.1 Å². The van der Waals surface area contributed by atoms with Crippen LogP contribution in [-0.2, 0) is 0 Å². The van der Waals surface area contributed by atoms with E-state index in [-0.39, 0.29) is 5.82 Å². The van der Waals surface area contributed by atoms with E-state index in [9.17, 15) is 4.39 Å². The Morgan fingerprint density at radius 3 is 2.61 bits per heavy atom. The summed E-state index contributed by atoms with van der Waals surface area (Å²) in [5.41, 5.74) is 8.83. The molecule has 0 amide bonds. The van der Waals surface area contributed by atoms with E-state index < -0.39 is 0 Å². The van der Waals surface area contributed by atoms with Gasteiger partial charge in [0.1, 0.15) is 5.82 Å². The average Bonchev–Trinajstić information content (AvgIpc) is 3.00. The van der Waals surface area contributed by atoms with Crippen LogP contribution in [0.2, 0.25) is 0 Å². The van der Waals surface area contributed by atoms with Crippen LogP contribution in [0.3, 0.4) is 0 Å². The number of nitrogens with two attached hydrogens (primary N) is 1. The third kappa shape index (κ3) is 3.72. The maximum atomic E-state index is 13.2. The molecule has 0 atom stereocenters. The highest BCUT2D eigenvalue weighted by Gasteiger charge is 2.23. The molecule has 4 nitrogen and oxygen atoms in total. The van der Waals surface area contributed by atoms with Crippen molar-refractivity contribution in [1.82, 2.24) is 9.78 Å². The molecule has 0 aliphatic heterocycles. The van der Waals surface area contributed by atoms with Crippen molar-refractivity contribution in [2.24, 2.45) is 5.73 Å². The summed E-state index contributed by atoms with van der Waals surface area (Å²) in [6.07, 6.45) is 9.06. The van der Waals surface area contributed by atoms with Crippen LogP contribution in [0, 0.1) is 5.82 Å². The summed E-state index contributed by atoms with van der Waals surface area (Å²) in [5, 5.41) is 8.05. The molecule has 1 aliphatic carbocycles. The lowest BCUT2D eigenvalue weighted by molar-refractivity contribution is 0.430. The van der Waals surface area contributed by atoms with Crippen molar-refractivity contribution < 1.29 is 4.39 Å². The Kier molecular flexibility index (Phi) is 5.28. The number of nitrogens with one attached hydrogen (secondary N) is 1. The zero-order chi connectivity index (χ0) is 16.1. The fourth-order valence-electron chi connectivity index (χ4n) is 3.38. The molecule has 23 heavy (non-hydrogen) atoms. The summed E-state index contributed by atoms with van der Waals surface area (Å²) < 4.78 is 15.2. The van der Waals surface area contributed by atoms with Crippen LogP contribution in [0.4, 0.5) is 10.1 Å². The highest BCUT2D eigenvalue weighted by molar-refractivity contribution is 5.52. The SMILES string of the molecule is NCCCNc1cnn(-c2ccc(F)cc2)c1C1CCCCC1. The molecular formula is C18H25FN4. The fourth-order valence-corrected chi connectivity index (χ4v) is 3.38. The summed E-state index contributed by atoms with van der Waals surface area (Å²) in [6.45, 7) is 1.53. The fraction of sp³-hybridized carbons (Fsp3) is 0.500. The van der Waals surface area contributed by atoms with Crippen LogP contribution in [0.15, 0.2) is 30.5 Å². The molecule has 0 saturated heterocycles. The van der Waals surface area contributed by atoms with E-state index in [0.29, 0.717) is 12.5 Å². The van der Waals surface area contributed by atoms with Crippen molar-refractivity contribution in [3.05, 3.63) is 42.0 Å². The third-order valence-corrected chi connectivity index (χ3v) is 4.57. The summed E-state index contributed by atoms with van der Waals surface area (Å²) in [7, 11) is 0. The smallest absolute Gasteiger partial charge is 0.123 e. The van der Waals surface area contributed by atoms with E-state index >= 15 is 0 Å². The highest BCUT2D eigenvalue weighted by Crippen LogP contribution is 2.37. The number of halogens is 1. The van der Waals surface area contributed by atoms with Gasteiger partial charge in [0.15, 0.2) is 0 Å². The molecule has 124 valence electrons. The average molecular weight is 316 g/mol. The number of anilines is 1. The van der Waals surface area contributed by atoms with Gasteiger partial charge in [0.05, 0.1) is 23.3 Å². The van der Waals surface area contributed by atoms with Crippen molar-refractivity contribution >= 4 is 5.69 Å². The Bertz CT molecular complexity index is 614. The molecule has 3 N–H and O–H groups in total. The van der Waals surface area contributed by atoms with Gasteiger partial charge in [-0.3, -0.25) is 0 Å². The van der Waals surface area contributed by atoms with E-state index in [0.717, 1.165) is 24.3 Å². The molecule has 0 bridgehead atoms. The lowest BCUT2D eigenvalue weighted by atomic mass is 9.86. The van der Waals surface area contributed by atoms with Crippen molar-refractivity contribution in [1.29, 1.82) is 0 Å². The number of aromatic nitrogens is 2. The van der Waals surface area contributed by atoms with Crippen LogP contribution < -0.4 is 11.1 Å². The first-order valence-electron chi connectivity index (χ1n) is 8.57. The maximum Gasteiger partial charge on any atom is 0.123 e. The molecule has 1 aromatic carbocycles. The Morgan fingerprint density at radius 1 is 1.17 bits per heavy atom. The van der Waals surface area contributed by atoms with Crippen LogP contribution >= 0.6 is 0 Å². The number of hydrogen-bond acceptors (Lipinski definition) is 3. The van der Waals surface area contributed by atoms with E-state index in [1.807, 2.05) is 10.9 Å². The molecule has 0 unspecified atom stereocenters. The van der Waals surface area contributed by atoms with Gasteiger partial charge in [0.2, 0.25) is 0 Å². The molecular weight excluding hydrogens is 291 g/mol. The largest absolute Gasteiger partial charge is 0.382 e. The number of nitrogens with zero attached hydrogens (tertiary/aromatic N) is 2. The summed E-state index contributed by atoms with van der Waals surface area (Å²) >= 11 is 0. The molecule has 5 heteroatoms. The minimum atomic E-state index is -0.221. The van der Waals surface area contributed by atoms with Gasteiger partial charge in [-0.15, -0.1) is 0 Å². The zero-order valence-electron chi connectivity index (χ0n) is 13.5. The van der Waals surface area contributed by atoms with Crippen LogP contribution in [0.25, 0.3) is 5.69 Å². The Morgan fingerprint density at radius 2 is 1.91 bits per heavy atom. The maximum absolute atomic E-state index is 13.2. The molecule has 1 aromatic heterocycles. The van der Waals surface area contributed by atoms with Gasteiger partial charge in [-0.25, -0.2) is 9.07 Å². The number of benzene rings is 1. The second kappa shape index (κ2) is 7.59. The zero-order valence-corrected chi connectivity index (χ0v) is 13.5. The molecule has 0 radical (unpaired) electrons. The van der Waals surface area contributed by atoms with Gasteiger partial charge >= 0.3 is 0 Å². The predicted molar refractivity (Wildman–Crippen MR) is 91.5 cm³/mol. The standard InChI is InChI=1S/C18H25FN4/c19-15-7-9-16(10-8-15)23-18(14-5-2-1-3-6-14)17(13-22-23)21-12-4-11-20/h7-10,13-14,21H,1-6,11-12,20H2. The van der Waals surface area contributed by atoms with Crippen LogP contribution in [-0.4, -0.2) is 22.9 Å². The number of hydrogen-bond donors (Lipinski definition) is 2. The van der Waals surface area contributed by atoms with E-state index in [1.165, 1.54) is 49.9 Å². The van der Waals surface area contributed by atoms with Crippen LogP contribution in [0.5, 0.6) is 0 Å². The summed E-state index contributed by atoms with van der Waals surface area (Å²) in [6, 6.07) is 6.56. The Balaban J connectivity index is 1.92. The van der Waals surface area contributed by atoms with Crippen molar-refractivity contribution in [2.75, 3.05) is 18.4 Å². The van der Waals surface area contributed by atoms with Crippen molar-refractivity contribution in [2.45, 2.75) is 44.4 Å². The predicted octanol–water partition coefficient (Wildman–Crippen LogP) is 3.82. The first-order chi connectivity index (χ1) is 11.3. The minimum Gasteiger partial charge on any atom is -0.382 e. The summed E-state index contributed by atoms with van der Waals surface area (Å²) in [4.78, 5) is 0. The molecule has 3 rings (SSSR count). The molecule has 1 fully saturated rings. The normalized spacial score (nSPS) is 15.7. The van der Waals surface area contributed by atoms with Gasteiger partial charge in [-0.2, -0.15) is 5.10 Å². The van der Waals surface area contributed by atoms with Crippen molar-refractivity contribution in [3.63, 3.8) is 0 Å². The molecule has 1 aliphatic rings. The molecule has 1 saturated carbocycles. The Labute approximate surface area is 136 Å². The lowest BCUT2D eigenvalue weighted by Crippen LogP contribution is -2.14. The second-order valence-corrected chi connectivity index (χ2v) is 6.24. The molecule has 2 aromatic rings. The van der Waals surface area contributed by atoms with Gasteiger partial charge in [0.25, 0.3) is 0 Å². The topological polar surface area (TPSA) is 55.9 Å². The number of rotatable bonds is 6. The summed E-state index contributed by atoms with van der Waals surface area (Å²) in [5.74, 6) is 0.290. The lowest BCUT2D eigenvalue weighted by Gasteiger charge is -2.24. The molecule has 1 heterocycles. The van der Waals surface area contributed by atoms with E-state index in [1.54, 1.807) is 12.1 Å². The van der Waals surface area contributed by atoms with Gasteiger partial charge in [0, 0.05) is 12.5 Å².